The zero-order chi connectivity index (χ0) is 46.2. The molecule has 0 fully saturated rings. The van der Waals surface area contributed by atoms with E-state index in [1.165, 1.54) is 32.3 Å². The third-order valence-electron chi connectivity index (χ3n) is 14.1. The van der Waals surface area contributed by atoms with Crippen molar-refractivity contribution in [3.8, 4) is 84.0 Å². The number of aromatic nitrogens is 3. The molecule has 6 heteroatoms. The first-order valence-corrected chi connectivity index (χ1v) is 23.3. The summed E-state index contributed by atoms with van der Waals surface area (Å²) >= 11 is 0. The summed E-state index contributed by atoms with van der Waals surface area (Å²) in [5.41, 5.74) is 19.2. The summed E-state index contributed by atoms with van der Waals surface area (Å²) in [7, 11) is 5.22. The van der Waals surface area contributed by atoms with Gasteiger partial charge in [-0.15, -0.1) is 0 Å². The summed E-state index contributed by atoms with van der Waals surface area (Å²) in [5, 5.41) is 7.08. The highest BCUT2D eigenvalue weighted by atomic mass is 16.5. The van der Waals surface area contributed by atoms with E-state index in [1.807, 2.05) is 0 Å². The van der Waals surface area contributed by atoms with Crippen molar-refractivity contribution in [2.24, 2.45) is 0 Å². The molecule has 0 bridgehead atoms. The number of aromatic amines is 3. The van der Waals surface area contributed by atoms with Gasteiger partial charge in [-0.3, -0.25) is 0 Å². The van der Waals surface area contributed by atoms with E-state index in [-0.39, 0.29) is 0 Å². The number of hydrogen-bond donors (Lipinski definition) is 3. The van der Waals surface area contributed by atoms with Crippen molar-refractivity contribution >= 4 is 65.4 Å². The van der Waals surface area contributed by atoms with Gasteiger partial charge in [-0.1, -0.05) is 127 Å². The molecule has 0 unspecified atom stereocenters. The van der Waals surface area contributed by atoms with Gasteiger partial charge in [-0.25, -0.2) is 0 Å². The molecule has 0 amide bonds. The molecule has 0 atom stereocenters. The minimum atomic E-state index is 0.751. The number of nitrogens with one attached hydrogen (secondary N) is 3. The van der Waals surface area contributed by atoms with Crippen LogP contribution in [0.4, 0.5) is 0 Å². The van der Waals surface area contributed by atoms with Crippen LogP contribution in [0.2, 0.25) is 0 Å². The molecule has 0 aliphatic rings. The van der Waals surface area contributed by atoms with Crippen LogP contribution in [0, 0.1) is 0 Å². The van der Waals surface area contributed by atoms with Gasteiger partial charge in [0.2, 0.25) is 0 Å². The minimum absolute atomic E-state index is 0.751. The van der Waals surface area contributed by atoms with E-state index in [0.717, 1.165) is 117 Å². The largest absolute Gasteiger partial charge is 0.497 e. The van der Waals surface area contributed by atoms with Crippen molar-refractivity contribution in [2.75, 3.05) is 21.3 Å². The molecule has 0 aliphatic heterocycles. The number of hydrogen-bond acceptors (Lipinski definition) is 3. The Morgan fingerprint density at radius 3 is 0.928 bits per heavy atom. The lowest BCUT2D eigenvalue weighted by atomic mass is 9.80. The lowest BCUT2D eigenvalue weighted by molar-refractivity contribution is 0.415. The quantitative estimate of drug-likeness (QED) is 0.135. The van der Waals surface area contributed by atoms with Crippen molar-refractivity contribution in [3.05, 3.63) is 200 Å². The molecule has 0 saturated heterocycles. The monoisotopic (exact) mass is 891 g/mol. The fourth-order valence-electron chi connectivity index (χ4n) is 10.9. The molecule has 3 N–H and O–H groups in total. The Bertz CT molecular complexity index is 3990. The van der Waals surface area contributed by atoms with Crippen LogP contribution in [0.25, 0.3) is 132 Å². The number of ether oxygens (including phenoxy) is 3. The highest BCUT2D eigenvalue weighted by Crippen LogP contribution is 2.52. The number of fused-ring (bicyclic) bond motifs is 9. The molecule has 69 heavy (non-hydrogen) atoms. The van der Waals surface area contributed by atoms with E-state index in [0.29, 0.717) is 0 Å². The summed E-state index contributed by atoms with van der Waals surface area (Å²) in [5.74, 6) is 2.27. The molecular weight excluding hydrogens is 847 g/mol. The average Bonchev–Trinajstić information content (AvgIpc) is 4.12. The number of rotatable bonds is 9. The van der Waals surface area contributed by atoms with E-state index in [1.54, 1.807) is 21.3 Å². The molecule has 0 aliphatic carbocycles. The fourth-order valence-corrected chi connectivity index (χ4v) is 10.9. The molecule has 0 spiro atoms. The Hall–Kier alpha value is -9.00. The minimum Gasteiger partial charge on any atom is -0.497 e. The van der Waals surface area contributed by atoms with E-state index < -0.39 is 0 Å². The first-order valence-electron chi connectivity index (χ1n) is 23.3. The summed E-state index contributed by atoms with van der Waals surface area (Å²) in [4.78, 5) is 11.4. The van der Waals surface area contributed by atoms with Gasteiger partial charge in [-0.2, -0.15) is 0 Å². The van der Waals surface area contributed by atoms with Crippen LogP contribution in [0.3, 0.4) is 0 Å². The molecule has 10 aromatic carbocycles. The number of methoxy groups -OCH3 is 3. The molecule has 0 radical (unpaired) electrons. The molecule has 13 aromatic rings. The van der Waals surface area contributed by atoms with E-state index in [2.05, 4.69) is 215 Å². The second kappa shape index (κ2) is 16.1. The SMILES string of the molecule is COc1ccc(-c2cccc3c2[nH]c2ccccc23)c(-c2cccc(-c3cc(OC)ccc3-c3cccc4c3[nH]c3ccccc34)c2-c2cc(OC)ccc2-c2cccc3c2[nH]c2ccccc23)c1. The molecule has 330 valence electrons. The van der Waals surface area contributed by atoms with Gasteiger partial charge in [0.1, 0.15) is 17.2 Å². The Balaban J connectivity index is 1.16. The van der Waals surface area contributed by atoms with Crippen molar-refractivity contribution in [2.45, 2.75) is 0 Å². The number of H-pyrrole nitrogens is 3. The zero-order valence-electron chi connectivity index (χ0n) is 38.3. The maximum atomic E-state index is 6.15. The Morgan fingerprint density at radius 2 is 0.551 bits per heavy atom. The fraction of sp³-hybridized carbons (Fsp3) is 0.0476. The van der Waals surface area contributed by atoms with Crippen LogP contribution < -0.4 is 14.2 Å². The van der Waals surface area contributed by atoms with Gasteiger partial charge in [0, 0.05) is 65.6 Å². The van der Waals surface area contributed by atoms with Gasteiger partial charge in [0.25, 0.3) is 0 Å². The van der Waals surface area contributed by atoms with Crippen LogP contribution in [0.1, 0.15) is 0 Å². The molecule has 3 aromatic heterocycles. The molecular formula is C63H45N3O3. The van der Waals surface area contributed by atoms with E-state index >= 15 is 0 Å². The van der Waals surface area contributed by atoms with Crippen molar-refractivity contribution in [1.82, 2.24) is 15.0 Å². The highest BCUT2D eigenvalue weighted by molar-refractivity contribution is 6.17. The molecule has 13 rings (SSSR count). The second-order valence-electron chi connectivity index (χ2n) is 17.7. The van der Waals surface area contributed by atoms with Crippen LogP contribution in [-0.2, 0) is 0 Å². The lowest BCUT2D eigenvalue weighted by Crippen LogP contribution is -1.98. The van der Waals surface area contributed by atoms with Gasteiger partial charge in [0.15, 0.2) is 0 Å². The van der Waals surface area contributed by atoms with Crippen LogP contribution in [-0.4, -0.2) is 36.3 Å². The summed E-state index contributed by atoms with van der Waals surface area (Å²) in [6.07, 6.45) is 0. The number of para-hydroxylation sites is 6. The molecule has 6 nitrogen and oxygen atoms in total. The lowest BCUT2D eigenvalue weighted by Gasteiger charge is -2.23. The van der Waals surface area contributed by atoms with Crippen molar-refractivity contribution in [3.63, 3.8) is 0 Å². The van der Waals surface area contributed by atoms with Gasteiger partial charge in [0.05, 0.1) is 37.9 Å². The smallest absolute Gasteiger partial charge is 0.119 e. The summed E-state index contributed by atoms with van der Waals surface area (Å²) < 4.78 is 18.3. The predicted octanol–water partition coefficient (Wildman–Crippen LogP) is 16.6. The van der Waals surface area contributed by atoms with Gasteiger partial charge >= 0.3 is 0 Å². The molecule has 3 heterocycles. The second-order valence-corrected chi connectivity index (χ2v) is 17.7. The Kier molecular flexibility index (Phi) is 9.41. The number of benzene rings is 10. The standard InChI is InChI=1S/C63H45N3O3/c1-67-37-28-31-40(48-19-11-22-51-43-14-4-7-25-57(43)64-61(48)51)54(34-37)46-17-10-18-47(55-35-38(68-2)29-32-41(55)49-20-12-23-52-44-15-5-8-26-58(44)65-62(49)52)60(46)56-36-39(69-3)30-33-42(56)50-21-13-24-53-45-16-6-9-27-59(45)66-63(50)53/h4-36,64-66H,1-3H3. The first-order chi connectivity index (χ1) is 34.1. The first kappa shape index (κ1) is 40.3. The predicted molar refractivity (Wildman–Crippen MR) is 287 cm³/mol. The van der Waals surface area contributed by atoms with Crippen molar-refractivity contribution < 1.29 is 14.2 Å². The topological polar surface area (TPSA) is 75.1 Å². The highest BCUT2D eigenvalue weighted by Gasteiger charge is 2.26. The van der Waals surface area contributed by atoms with Gasteiger partial charge < -0.3 is 29.2 Å². The molecule has 0 saturated carbocycles. The zero-order valence-corrected chi connectivity index (χ0v) is 38.3. The van der Waals surface area contributed by atoms with Crippen LogP contribution in [0.15, 0.2) is 200 Å². The normalized spacial score (nSPS) is 11.7. The third-order valence-corrected chi connectivity index (χ3v) is 14.1. The van der Waals surface area contributed by atoms with E-state index in [9.17, 15) is 0 Å². The summed E-state index contributed by atoms with van der Waals surface area (Å²) in [6, 6.07) is 71.5. The maximum absolute atomic E-state index is 6.15. The Morgan fingerprint density at radius 1 is 0.246 bits per heavy atom. The van der Waals surface area contributed by atoms with Crippen LogP contribution >= 0.6 is 0 Å². The third kappa shape index (κ3) is 6.40. The van der Waals surface area contributed by atoms with E-state index in [4.69, 9.17) is 14.2 Å². The summed E-state index contributed by atoms with van der Waals surface area (Å²) in [6.45, 7) is 0. The van der Waals surface area contributed by atoms with Crippen LogP contribution in [0.5, 0.6) is 17.2 Å². The van der Waals surface area contributed by atoms with Gasteiger partial charge in [-0.05, 0) is 123 Å². The Labute approximate surface area is 398 Å². The van der Waals surface area contributed by atoms with Crippen molar-refractivity contribution in [1.29, 1.82) is 0 Å². The average molecular weight is 892 g/mol. The maximum Gasteiger partial charge on any atom is 0.119 e.